The van der Waals surface area contributed by atoms with Gasteiger partial charge in [-0.05, 0) is 36.1 Å². The normalized spacial score (nSPS) is 11.4. The van der Waals surface area contributed by atoms with Gasteiger partial charge in [-0.25, -0.2) is 5.43 Å². The second-order valence-electron chi connectivity index (χ2n) is 6.68. The summed E-state index contributed by atoms with van der Waals surface area (Å²) in [4.78, 5) is 17.7. The Morgan fingerprint density at radius 3 is 2.67 bits per heavy atom. The Kier molecular flexibility index (Phi) is 6.24. The molecule has 3 rings (SSSR count). The average molecular weight is 378 g/mol. The van der Waals surface area contributed by atoms with Gasteiger partial charge in [0.05, 0.1) is 17.5 Å². The van der Waals surface area contributed by atoms with E-state index in [-0.39, 0.29) is 5.91 Å². The third-order valence-corrected chi connectivity index (χ3v) is 5.23. The van der Waals surface area contributed by atoms with Crippen molar-refractivity contribution in [1.82, 2.24) is 10.4 Å². The van der Waals surface area contributed by atoms with E-state index in [0.29, 0.717) is 11.7 Å². The van der Waals surface area contributed by atoms with Gasteiger partial charge in [-0.3, -0.25) is 9.78 Å². The van der Waals surface area contributed by atoms with Crippen LogP contribution in [-0.2, 0) is 4.79 Å². The lowest BCUT2D eigenvalue weighted by Crippen LogP contribution is -2.19. The number of nitrogens with zero attached hydrogens (tertiary/aromatic N) is 2. The number of benzene rings is 2. The van der Waals surface area contributed by atoms with E-state index >= 15 is 0 Å². The molecule has 0 aliphatic carbocycles. The highest BCUT2D eigenvalue weighted by Gasteiger charge is 2.07. The van der Waals surface area contributed by atoms with Crippen molar-refractivity contribution in [2.24, 2.45) is 5.10 Å². The number of carbonyl (C=O) groups is 1. The van der Waals surface area contributed by atoms with Crippen molar-refractivity contribution in [3.05, 3.63) is 71.4 Å². The number of hydrazone groups is 1. The lowest BCUT2D eigenvalue weighted by Gasteiger charge is -2.07. The zero-order valence-corrected chi connectivity index (χ0v) is 16.6. The number of nitrogens with one attached hydrogen (secondary N) is 1. The van der Waals surface area contributed by atoms with Crippen molar-refractivity contribution in [2.75, 3.05) is 5.75 Å². The number of rotatable bonds is 6. The van der Waals surface area contributed by atoms with Gasteiger partial charge in [-0.1, -0.05) is 56.3 Å². The van der Waals surface area contributed by atoms with Crippen LogP contribution in [0.15, 0.2) is 64.6 Å². The number of para-hydroxylation sites is 1. The minimum absolute atomic E-state index is 0.131. The van der Waals surface area contributed by atoms with Gasteiger partial charge in [0.2, 0.25) is 5.91 Å². The largest absolute Gasteiger partial charge is 0.272 e. The minimum atomic E-state index is -0.131. The topological polar surface area (TPSA) is 54.4 Å². The highest BCUT2D eigenvalue weighted by Crippen LogP contribution is 2.27. The second-order valence-corrected chi connectivity index (χ2v) is 7.70. The van der Waals surface area contributed by atoms with Crippen LogP contribution in [0, 0.1) is 6.92 Å². The van der Waals surface area contributed by atoms with E-state index in [1.165, 1.54) is 17.3 Å². The molecule has 0 unspecified atom stereocenters. The summed E-state index contributed by atoms with van der Waals surface area (Å²) in [6, 6.07) is 18.2. The molecule has 1 amide bonds. The molecule has 138 valence electrons. The fourth-order valence-electron chi connectivity index (χ4n) is 2.71. The molecule has 5 heteroatoms. The summed E-state index contributed by atoms with van der Waals surface area (Å²) in [5, 5.41) is 5.12. The van der Waals surface area contributed by atoms with Gasteiger partial charge < -0.3 is 0 Å². The molecule has 0 fully saturated rings. The van der Waals surface area contributed by atoms with Crippen LogP contribution in [-0.4, -0.2) is 22.9 Å². The van der Waals surface area contributed by atoms with Gasteiger partial charge >= 0.3 is 0 Å². The van der Waals surface area contributed by atoms with Crippen LogP contribution < -0.4 is 5.43 Å². The molecular formula is C22H23N3OS. The fraction of sp³-hybridized carbons (Fsp3) is 0.227. The van der Waals surface area contributed by atoms with Gasteiger partial charge in [0.1, 0.15) is 0 Å². The number of fused-ring (bicyclic) bond motifs is 1. The lowest BCUT2D eigenvalue weighted by molar-refractivity contribution is -0.118. The molecular weight excluding hydrogens is 354 g/mol. The number of aryl methyl sites for hydroxylation is 1. The molecule has 4 nitrogen and oxygen atoms in total. The van der Waals surface area contributed by atoms with Crippen LogP contribution in [0.4, 0.5) is 0 Å². The maximum absolute atomic E-state index is 12.1. The highest BCUT2D eigenvalue weighted by atomic mass is 32.2. The molecule has 0 bridgehead atoms. The summed E-state index contributed by atoms with van der Waals surface area (Å²) < 4.78 is 0. The van der Waals surface area contributed by atoms with E-state index in [0.717, 1.165) is 27.1 Å². The molecule has 0 saturated heterocycles. The van der Waals surface area contributed by atoms with Crippen molar-refractivity contribution in [2.45, 2.75) is 31.6 Å². The molecule has 0 spiro atoms. The SMILES string of the molecule is Cc1cc(SCC(=O)N/N=C/c2ccc(C(C)C)cc2)c2ccccc2n1. The number of hydrogen-bond acceptors (Lipinski definition) is 4. The van der Waals surface area contributed by atoms with E-state index in [4.69, 9.17) is 0 Å². The van der Waals surface area contributed by atoms with Gasteiger partial charge in [0.25, 0.3) is 0 Å². The molecule has 1 N–H and O–H groups in total. The Bertz CT molecular complexity index is 965. The molecule has 27 heavy (non-hydrogen) atoms. The molecule has 1 heterocycles. The first-order valence-electron chi connectivity index (χ1n) is 8.94. The van der Waals surface area contributed by atoms with Crippen molar-refractivity contribution in [1.29, 1.82) is 0 Å². The van der Waals surface area contributed by atoms with E-state index in [1.54, 1.807) is 6.21 Å². The molecule has 0 radical (unpaired) electrons. The standard InChI is InChI=1S/C22H23N3OS/c1-15(2)18-10-8-17(9-11-18)13-23-25-22(26)14-27-21-12-16(3)24-20-7-5-4-6-19(20)21/h4-13,15H,14H2,1-3H3,(H,25,26)/b23-13+. The fourth-order valence-corrected chi connectivity index (χ4v) is 3.64. The first kappa shape index (κ1) is 19.1. The van der Waals surface area contributed by atoms with Gasteiger partial charge in [-0.2, -0.15) is 5.10 Å². The summed E-state index contributed by atoms with van der Waals surface area (Å²) in [6.07, 6.45) is 1.67. The predicted molar refractivity (Wildman–Crippen MR) is 113 cm³/mol. The third-order valence-electron chi connectivity index (χ3n) is 4.17. The molecule has 2 aromatic carbocycles. The summed E-state index contributed by atoms with van der Waals surface area (Å²) in [7, 11) is 0. The maximum Gasteiger partial charge on any atom is 0.250 e. The zero-order chi connectivity index (χ0) is 19.2. The van der Waals surface area contributed by atoms with E-state index < -0.39 is 0 Å². The Hall–Kier alpha value is -2.66. The molecule has 3 aromatic rings. The monoisotopic (exact) mass is 377 g/mol. The van der Waals surface area contributed by atoms with Crippen LogP contribution in [0.5, 0.6) is 0 Å². The number of carbonyl (C=O) groups excluding carboxylic acids is 1. The number of hydrogen-bond donors (Lipinski definition) is 1. The van der Waals surface area contributed by atoms with Crippen LogP contribution in [0.25, 0.3) is 10.9 Å². The number of pyridine rings is 1. The van der Waals surface area contributed by atoms with Crippen LogP contribution in [0.1, 0.15) is 36.6 Å². The Morgan fingerprint density at radius 1 is 1.19 bits per heavy atom. The average Bonchev–Trinajstić information content (AvgIpc) is 2.66. The predicted octanol–water partition coefficient (Wildman–Crippen LogP) is 4.91. The van der Waals surface area contributed by atoms with Gasteiger partial charge in [-0.15, -0.1) is 11.8 Å². The van der Waals surface area contributed by atoms with Crippen molar-refractivity contribution < 1.29 is 4.79 Å². The van der Waals surface area contributed by atoms with Crippen molar-refractivity contribution in [3.8, 4) is 0 Å². The first-order valence-corrected chi connectivity index (χ1v) is 9.92. The Morgan fingerprint density at radius 2 is 1.93 bits per heavy atom. The molecule has 0 aliphatic rings. The summed E-state index contributed by atoms with van der Waals surface area (Å²) in [6.45, 7) is 6.29. The van der Waals surface area contributed by atoms with Crippen LogP contribution in [0.3, 0.4) is 0 Å². The van der Waals surface area contributed by atoms with E-state index in [1.807, 2.05) is 49.4 Å². The summed E-state index contributed by atoms with van der Waals surface area (Å²) >= 11 is 1.50. The Labute approximate surface area is 164 Å². The van der Waals surface area contributed by atoms with E-state index in [9.17, 15) is 4.79 Å². The maximum atomic E-state index is 12.1. The summed E-state index contributed by atoms with van der Waals surface area (Å²) in [5.74, 6) is 0.672. The van der Waals surface area contributed by atoms with Crippen molar-refractivity contribution >= 4 is 34.8 Å². The second kappa shape index (κ2) is 8.82. The zero-order valence-electron chi connectivity index (χ0n) is 15.8. The molecule has 1 aromatic heterocycles. The molecule has 0 aliphatic heterocycles. The minimum Gasteiger partial charge on any atom is -0.272 e. The molecule has 0 saturated carbocycles. The number of aromatic nitrogens is 1. The number of amides is 1. The quantitative estimate of drug-likeness (QED) is 0.377. The van der Waals surface area contributed by atoms with Crippen LogP contribution >= 0.6 is 11.8 Å². The summed E-state index contributed by atoms with van der Waals surface area (Å²) in [5.41, 5.74) is 6.73. The lowest BCUT2D eigenvalue weighted by atomic mass is 10.0. The van der Waals surface area contributed by atoms with Crippen LogP contribution in [0.2, 0.25) is 0 Å². The highest BCUT2D eigenvalue weighted by molar-refractivity contribution is 8.00. The Balaban J connectivity index is 1.57. The number of thioether (sulfide) groups is 1. The first-order chi connectivity index (χ1) is 13.0. The molecule has 0 atom stereocenters. The van der Waals surface area contributed by atoms with E-state index in [2.05, 4.69) is 41.5 Å². The van der Waals surface area contributed by atoms with Crippen molar-refractivity contribution in [3.63, 3.8) is 0 Å². The van der Waals surface area contributed by atoms with Gasteiger partial charge in [0, 0.05) is 16.0 Å². The third kappa shape index (κ3) is 5.17. The smallest absolute Gasteiger partial charge is 0.250 e. The van der Waals surface area contributed by atoms with Gasteiger partial charge in [0.15, 0.2) is 0 Å².